The maximum atomic E-state index is 2.40. The van der Waals surface area contributed by atoms with Gasteiger partial charge in [0.05, 0.1) is 0 Å². The van der Waals surface area contributed by atoms with E-state index in [4.69, 9.17) is 0 Å². The summed E-state index contributed by atoms with van der Waals surface area (Å²) in [5.41, 5.74) is 7.42. The van der Waals surface area contributed by atoms with E-state index in [9.17, 15) is 0 Å². The van der Waals surface area contributed by atoms with Crippen molar-refractivity contribution in [2.24, 2.45) is 5.41 Å². The number of fused-ring (bicyclic) bond motifs is 3. The minimum atomic E-state index is 0.0882. The van der Waals surface area contributed by atoms with Crippen LogP contribution in [0.2, 0.25) is 0 Å². The van der Waals surface area contributed by atoms with Gasteiger partial charge in [-0.3, -0.25) is 0 Å². The van der Waals surface area contributed by atoms with Crippen molar-refractivity contribution in [1.82, 2.24) is 0 Å². The second-order valence-corrected chi connectivity index (χ2v) is 6.97. The summed E-state index contributed by atoms with van der Waals surface area (Å²) in [6.45, 7) is 11.6. The van der Waals surface area contributed by atoms with Gasteiger partial charge in [0.1, 0.15) is 0 Å². The fraction of sp³-hybridized carbons (Fsp3) is 0.368. The van der Waals surface area contributed by atoms with E-state index in [2.05, 4.69) is 77.1 Å². The molecule has 3 rings (SSSR count). The van der Waals surface area contributed by atoms with Crippen LogP contribution in [-0.4, -0.2) is 0 Å². The second kappa shape index (κ2) is 3.72. The summed E-state index contributed by atoms with van der Waals surface area (Å²) in [6.07, 6.45) is 0. The molecule has 0 aromatic heterocycles. The van der Waals surface area contributed by atoms with Crippen molar-refractivity contribution in [1.29, 1.82) is 0 Å². The average Bonchev–Trinajstić information content (AvgIpc) is 2.61. The summed E-state index contributed by atoms with van der Waals surface area (Å²) >= 11 is 0. The van der Waals surface area contributed by atoms with E-state index in [0.29, 0.717) is 0 Å². The summed E-state index contributed by atoms with van der Waals surface area (Å²) in [5.74, 6) is 0. The SMILES string of the molecule is Cc1ccc2c(c1)C(C)(C(C)(C)C)c1ccccc1-2. The Morgan fingerprint density at radius 2 is 1.47 bits per heavy atom. The van der Waals surface area contributed by atoms with Gasteiger partial charge in [-0.05, 0) is 34.6 Å². The van der Waals surface area contributed by atoms with E-state index in [1.165, 1.54) is 27.8 Å². The molecule has 0 radical (unpaired) electrons. The Bertz CT molecular complexity index is 643. The van der Waals surface area contributed by atoms with Crippen LogP contribution in [0.25, 0.3) is 11.1 Å². The minimum absolute atomic E-state index is 0.0882. The number of hydrogen-bond donors (Lipinski definition) is 0. The zero-order valence-electron chi connectivity index (χ0n) is 12.5. The van der Waals surface area contributed by atoms with Crippen molar-refractivity contribution < 1.29 is 0 Å². The molecule has 1 atom stereocenters. The van der Waals surface area contributed by atoms with Gasteiger partial charge < -0.3 is 0 Å². The van der Waals surface area contributed by atoms with Gasteiger partial charge in [-0.1, -0.05) is 75.7 Å². The Kier molecular flexibility index (Phi) is 2.44. The molecule has 0 amide bonds. The highest BCUT2D eigenvalue weighted by Gasteiger charge is 2.47. The molecule has 0 saturated heterocycles. The molecule has 0 aliphatic heterocycles. The van der Waals surface area contributed by atoms with Crippen LogP contribution in [0.5, 0.6) is 0 Å². The molecular weight excluding hydrogens is 228 g/mol. The first-order valence-corrected chi connectivity index (χ1v) is 7.07. The molecule has 0 N–H and O–H groups in total. The minimum Gasteiger partial charge on any atom is -0.0619 e. The first-order chi connectivity index (χ1) is 8.85. The van der Waals surface area contributed by atoms with E-state index in [-0.39, 0.29) is 10.8 Å². The quantitative estimate of drug-likeness (QED) is 0.593. The van der Waals surface area contributed by atoms with Crippen LogP contribution in [0.15, 0.2) is 42.5 Å². The molecule has 0 fully saturated rings. The molecule has 0 heterocycles. The highest BCUT2D eigenvalue weighted by molar-refractivity contribution is 5.81. The van der Waals surface area contributed by atoms with Gasteiger partial charge in [0, 0.05) is 5.41 Å². The maximum absolute atomic E-state index is 2.40. The summed E-state index contributed by atoms with van der Waals surface area (Å²) in [4.78, 5) is 0. The van der Waals surface area contributed by atoms with Gasteiger partial charge in [0.15, 0.2) is 0 Å². The summed E-state index contributed by atoms with van der Waals surface area (Å²) in [5, 5.41) is 0. The van der Waals surface area contributed by atoms with Crippen LogP contribution in [0, 0.1) is 12.3 Å². The molecule has 2 aromatic rings. The molecule has 0 spiro atoms. The molecule has 1 unspecified atom stereocenters. The fourth-order valence-electron chi connectivity index (χ4n) is 3.41. The van der Waals surface area contributed by atoms with E-state index in [0.717, 1.165) is 0 Å². The third-order valence-corrected chi connectivity index (χ3v) is 4.97. The van der Waals surface area contributed by atoms with E-state index in [1.807, 2.05) is 0 Å². The second-order valence-electron chi connectivity index (χ2n) is 6.97. The topological polar surface area (TPSA) is 0 Å². The van der Waals surface area contributed by atoms with Crippen molar-refractivity contribution >= 4 is 0 Å². The fourth-order valence-corrected chi connectivity index (χ4v) is 3.41. The number of benzene rings is 2. The Morgan fingerprint density at radius 3 is 2.16 bits per heavy atom. The maximum Gasteiger partial charge on any atom is 0.0235 e. The van der Waals surface area contributed by atoms with E-state index in [1.54, 1.807) is 0 Å². The van der Waals surface area contributed by atoms with Crippen LogP contribution in [-0.2, 0) is 5.41 Å². The Balaban J connectivity index is 2.42. The van der Waals surface area contributed by atoms with Crippen LogP contribution in [0.4, 0.5) is 0 Å². The third-order valence-electron chi connectivity index (χ3n) is 4.97. The molecule has 19 heavy (non-hydrogen) atoms. The van der Waals surface area contributed by atoms with Gasteiger partial charge in [-0.2, -0.15) is 0 Å². The number of rotatable bonds is 0. The van der Waals surface area contributed by atoms with Crippen molar-refractivity contribution in [3.05, 3.63) is 59.2 Å². The number of hydrogen-bond acceptors (Lipinski definition) is 0. The lowest BCUT2D eigenvalue weighted by molar-refractivity contribution is 0.255. The molecule has 0 saturated carbocycles. The molecule has 2 aromatic carbocycles. The van der Waals surface area contributed by atoms with Crippen molar-refractivity contribution in [3.63, 3.8) is 0 Å². The standard InChI is InChI=1S/C19H22/c1-13-10-11-15-14-8-6-7-9-16(14)19(5,17(15)12-13)18(2,3)4/h6-12H,1-5H3. The first kappa shape index (κ1) is 12.5. The highest BCUT2D eigenvalue weighted by atomic mass is 14.5. The summed E-state index contributed by atoms with van der Waals surface area (Å²) in [6, 6.07) is 15.8. The van der Waals surface area contributed by atoms with Crippen molar-refractivity contribution in [2.75, 3.05) is 0 Å². The van der Waals surface area contributed by atoms with Crippen molar-refractivity contribution in [3.8, 4) is 11.1 Å². The molecule has 98 valence electrons. The summed E-state index contributed by atoms with van der Waals surface area (Å²) in [7, 11) is 0. The lowest BCUT2D eigenvalue weighted by Gasteiger charge is -2.41. The Labute approximate surface area is 116 Å². The van der Waals surface area contributed by atoms with Crippen LogP contribution < -0.4 is 0 Å². The molecule has 0 bridgehead atoms. The zero-order chi connectivity index (χ0) is 13.8. The monoisotopic (exact) mass is 250 g/mol. The van der Waals surface area contributed by atoms with Gasteiger partial charge in [-0.15, -0.1) is 0 Å². The van der Waals surface area contributed by atoms with Crippen LogP contribution in [0.3, 0.4) is 0 Å². The normalized spacial score (nSPS) is 21.1. The van der Waals surface area contributed by atoms with E-state index < -0.39 is 0 Å². The summed E-state index contributed by atoms with van der Waals surface area (Å²) < 4.78 is 0. The Hall–Kier alpha value is -1.56. The van der Waals surface area contributed by atoms with Gasteiger partial charge in [0.2, 0.25) is 0 Å². The predicted molar refractivity (Wildman–Crippen MR) is 82.5 cm³/mol. The molecular formula is C19H22. The molecule has 0 nitrogen and oxygen atoms in total. The van der Waals surface area contributed by atoms with Crippen LogP contribution >= 0.6 is 0 Å². The van der Waals surface area contributed by atoms with E-state index >= 15 is 0 Å². The highest BCUT2D eigenvalue weighted by Crippen LogP contribution is 2.56. The van der Waals surface area contributed by atoms with Crippen LogP contribution in [0.1, 0.15) is 44.4 Å². The molecule has 0 heteroatoms. The smallest absolute Gasteiger partial charge is 0.0235 e. The molecule has 1 aliphatic carbocycles. The lowest BCUT2D eigenvalue weighted by Crippen LogP contribution is -2.36. The lowest BCUT2D eigenvalue weighted by atomic mass is 9.62. The largest absolute Gasteiger partial charge is 0.0619 e. The first-order valence-electron chi connectivity index (χ1n) is 7.07. The number of aryl methyl sites for hydroxylation is 1. The third kappa shape index (κ3) is 1.52. The van der Waals surface area contributed by atoms with Gasteiger partial charge in [-0.25, -0.2) is 0 Å². The molecule has 1 aliphatic rings. The predicted octanol–water partition coefficient (Wildman–Crippen LogP) is 5.33. The Morgan fingerprint density at radius 1 is 0.842 bits per heavy atom. The van der Waals surface area contributed by atoms with Gasteiger partial charge in [0.25, 0.3) is 0 Å². The zero-order valence-corrected chi connectivity index (χ0v) is 12.5. The average molecular weight is 250 g/mol. The van der Waals surface area contributed by atoms with Gasteiger partial charge >= 0.3 is 0 Å². The van der Waals surface area contributed by atoms with Crippen molar-refractivity contribution in [2.45, 2.75) is 40.0 Å².